The molecule has 0 amide bonds. The van der Waals surface area contributed by atoms with E-state index in [1.165, 1.54) is 4.90 Å². The lowest BCUT2D eigenvalue weighted by Crippen LogP contribution is -2.38. The maximum Gasteiger partial charge on any atom is 0.191 e. The average molecular weight is 451 g/mol. The minimum absolute atomic E-state index is 0. The molecule has 0 fully saturated rings. The number of hydrogen-bond acceptors (Lipinski definition) is 3. The van der Waals surface area contributed by atoms with Gasteiger partial charge in [0.05, 0.1) is 7.11 Å². The third-order valence-electron chi connectivity index (χ3n) is 3.04. The number of nitrogens with one attached hydrogen (secondary N) is 2. The highest BCUT2D eigenvalue weighted by molar-refractivity contribution is 14.0. The van der Waals surface area contributed by atoms with Crippen molar-refractivity contribution < 1.29 is 4.74 Å². The maximum atomic E-state index is 5.38. The first kappa shape index (κ1) is 22.4. The Labute approximate surface area is 162 Å². The van der Waals surface area contributed by atoms with Gasteiger partial charge in [0.1, 0.15) is 5.75 Å². The lowest BCUT2D eigenvalue weighted by Gasteiger charge is -2.13. The van der Waals surface area contributed by atoms with Crippen LogP contribution in [0.2, 0.25) is 0 Å². The minimum atomic E-state index is 0. The van der Waals surface area contributed by atoms with Gasteiger partial charge in [-0.25, -0.2) is 0 Å². The monoisotopic (exact) mass is 451 g/mol. The Bertz CT molecular complexity index is 457. The van der Waals surface area contributed by atoms with Crippen LogP contribution in [0.15, 0.2) is 34.2 Å². The molecule has 6 heteroatoms. The fraction of sp³-hybridized carbons (Fsp3) is 0.588. The minimum Gasteiger partial charge on any atom is -0.496 e. The fourth-order valence-corrected chi connectivity index (χ4v) is 2.89. The van der Waals surface area contributed by atoms with E-state index >= 15 is 0 Å². The van der Waals surface area contributed by atoms with E-state index in [-0.39, 0.29) is 24.0 Å². The van der Waals surface area contributed by atoms with Crippen LogP contribution in [0.1, 0.15) is 27.2 Å². The van der Waals surface area contributed by atoms with Gasteiger partial charge in [-0.3, -0.25) is 4.99 Å². The molecule has 1 aromatic rings. The summed E-state index contributed by atoms with van der Waals surface area (Å²) in [6.45, 7) is 9.14. The van der Waals surface area contributed by atoms with Crippen molar-refractivity contribution >= 4 is 41.7 Å². The zero-order valence-electron chi connectivity index (χ0n) is 14.6. The van der Waals surface area contributed by atoms with Crippen LogP contribution in [-0.2, 0) is 0 Å². The molecule has 2 N–H and O–H groups in total. The molecule has 0 bridgehead atoms. The largest absolute Gasteiger partial charge is 0.496 e. The second kappa shape index (κ2) is 13.8. The van der Waals surface area contributed by atoms with Crippen molar-refractivity contribution in [2.24, 2.45) is 10.9 Å². The first-order chi connectivity index (χ1) is 10.7. The van der Waals surface area contributed by atoms with Gasteiger partial charge >= 0.3 is 0 Å². The Morgan fingerprint density at radius 2 is 2.00 bits per heavy atom. The normalized spacial score (nSPS) is 12.3. The number of guanidine groups is 1. The first-order valence-corrected chi connectivity index (χ1v) is 8.97. The molecule has 4 nitrogen and oxygen atoms in total. The topological polar surface area (TPSA) is 45.7 Å². The number of methoxy groups -OCH3 is 1. The van der Waals surface area contributed by atoms with Crippen LogP contribution < -0.4 is 15.4 Å². The quantitative estimate of drug-likeness (QED) is 0.258. The Morgan fingerprint density at radius 3 is 2.65 bits per heavy atom. The molecule has 0 aliphatic rings. The fourth-order valence-electron chi connectivity index (χ4n) is 1.86. The molecule has 0 radical (unpaired) electrons. The van der Waals surface area contributed by atoms with Gasteiger partial charge in [0.25, 0.3) is 0 Å². The predicted molar refractivity (Wildman–Crippen MR) is 113 cm³/mol. The molecule has 1 aromatic carbocycles. The van der Waals surface area contributed by atoms with E-state index in [2.05, 4.69) is 42.5 Å². The van der Waals surface area contributed by atoms with E-state index in [0.717, 1.165) is 43.5 Å². The van der Waals surface area contributed by atoms with Gasteiger partial charge in [-0.2, -0.15) is 0 Å². The van der Waals surface area contributed by atoms with Crippen molar-refractivity contribution in [2.75, 3.05) is 32.5 Å². The summed E-state index contributed by atoms with van der Waals surface area (Å²) >= 11 is 1.83. The average Bonchev–Trinajstić information content (AvgIpc) is 2.55. The van der Waals surface area contributed by atoms with Crippen LogP contribution in [0.25, 0.3) is 0 Å². The predicted octanol–water partition coefficient (Wildman–Crippen LogP) is 4.01. The summed E-state index contributed by atoms with van der Waals surface area (Å²) in [5.74, 6) is 3.39. The highest BCUT2D eigenvalue weighted by Crippen LogP contribution is 2.29. The van der Waals surface area contributed by atoms with Crippen molar-refractivity contribution in [1.29, 1.82) is 0 Å². The Morgan fingerprint density at radius 1 is 1.26 bits per heavy atom. The number of benzene rings is 1. The van der Waals surface area contributed by atoms with Crippen LogP contribution in [-0.4, -0.2) is 38.5 Å². The van der Waals surface area contributed by atoms with Crippen LogP contribution >= 0.6 is 35.7 Å². The molecule has 1 unspecified atom stereocenters. The number of nitrogens with zero attached hydrogens (tertiary/aromatic N) is 1. The lowest BCUT2D eigenvalue weighted by molar-refractivity contribution is 0.405. The van der Waals surface area contributed by atoms with Gasteiger partial charge in [-0.15, -0.1) is 35.7 Å². The molecule has 0 aromatic heterocycles. The molecule has 132 valence electrons. The molecule has 0 aliphatic heterocycles. The van der Waals surface area contributed by atoms with E-state index < -0.39 is 0 Å². The van der Waals surface area contributed by atoms with E-state index in [1.54, 1.807) is 7.11 Å². The van der Waals surface area contributed by atoms with Crippen LogP contribution in [0, 0.1) is 5.92 Å². The first-order valence-electron chi connectivity index (χ1n) is 7.99. The summed E-state index contributed by atoms with van der Waals surface area (Å²) < 4.78 is 5.38. The molecule has 0 saturated heterocycles. The summed E-state index contributed by atoms with van der Waals surface area (Å²) in [6, 6.07) is 8.15. The summed E-state index contributed by atoms with van der Waals surface area (Å²) in [5, 5.41) is 6.61. The molecule has 1 rings (SSSR count). The Balaban J connectivity index is 0.00000484. The van der Waals surface area contributed by atoms with Gasteiger partial charge in [-0.1, -0.05) is 26.0 Å². The summed E-state index contributed by atoms with van der Waals surface area (Å²) in [5.41, 5.74) is 0. The molecule has 0 spiro atoms. The number of aliphatic imine (C=N–C) groups is 1. The van der Waals surface area contributed by atoms with Crippen LogP contribution in [0.3, 0.4) is 0 Å². The summed E-state index contributed by atoms with van der Waals surface area (Å²) in [7, 11) is 1.72. The molecule has 0 heterocycles. The highest BCUT2D eigenvalue weighted by Gasteiger charge is 2.07. The van der Waals surface area contributed by atoms with E-state index in [4.69, 9.17) is 4.74 Å². The Kier molecular flexibility index (Phi) is 13.4. The number of rotatable bonds is 9. The van der Waals surface area contributed by atoms with Gasteiger partial charge in [0.2, 0.25) is 0 Å². The molecule has 0 aliphatic carbocycles. The van der Waals surface area contributed by atoms with Crippen molar-refractivity contribution in [3.05, 3.63) is 24.3 Å². The standard InChI is InChI=1S/C17H29N3OS.HI/c1-5-11-19-17(18-6-2)20-12-14(3)13-22-16-10-8-7-9-15(16)21-4;/h7-10,14H,5-6,11-13H2,1-4H3,(H2,18,19,20);1H. The number of para-hydroxylation sites is 1. The second-order valence-corrected chi connectivity index (χ2v) is 6.28. The molecule has 23 heavy (non-hydrogen) atoms. The van der Waals surface area contributed by atoms with Gasteiger partial charge < -0.3 is 15.4 Å². The van der Waals surface area contributed by atoms with E-state index in [1.807, 2.05) is 30.0 Å². The Hall–Kier alpha value is -0.630. The van der Waals surface area contributed by atoms with Gasteiger partial charge in [0.15, 0.2) is 5.96 Å². The molecule has 1 atom stereocenters. The van der Waals surface area contributed by atoms with E-state index in [0.29, 0.717) is 5.92 Å². The van der Waals surface area contributed by atoms with Crippen molar-refractivity contribution in [3.8, 4) is 5.75 Å². The molecule has 0 saturated carbocycles. The maximum absolute atomic E-state index is 5.38. The van der Waals surface area contributed by atoms with Gasteiger partial charge in [-0.05, 0) is 31.4 Å². The van der Waals surface area contributed by atoms with Crippen LogP contribution in [0.5, 0.6) is 5.75 Å². The zero-order chi connectivity index (χ0) is 16.2. The number of halogens is 1. The third kappa shape index (κ3) is 9.30. The smallest absolute Gasteiger partial charge is 0.191 e. The number of ether oxygens (including phenoxy) is 1. The molecular formula is C17H30IN3OS. The number of hydrogen-bond donors (Lipinski definition) is 2. The SMILES string of the molecule is CCCNC(=NCC(C)CSc1ccccc1OC)NCC.I. The second-order valence-electron chi connectivity index (χ2n) is 5.21. The molecular weight excluding hydrogens is 421 g/mol. The lowest BCUT2D eigenvalue weighted by atomic mass is 10.2. The van der Waals surface area contributed by atoms with Gasteiger partial charge in [0, 0.05) is 30.3 Å². The van der Waals surface area contributed by atoms with Crippen molar-refractivity contribution in [1.82, 2.24) is 10.6 Å². The van der Waals surface area contributed by atoms with E-state index in [9.17, 15) is 0 Å². The number of thioether (sulfide) groups is 1. The van der Waals surface area contributed by atoms with Crippen molar-refractivity contribution in [2.45, 2.75) is 32.1 Å². The van der Waals surface area contributed by atoms with Crippen molar-refractivity contribution in [3.63, 3.8) is 0 Å². The highest BCUT2D eigenvalue weighted by atomic mass is 127. The summed E-state index contributed by atoms with van der Waals surface area (Å²) in [4.78, 5) is 5.85. The summed E-state index contributed by atoms with van der Waals surface area (Å²) in [6.07, 6.45) is 1.10. The van der Waals surface area contributed by atoms with Crippen LogP contribution in [0.4, 0.5) is 0 Å². The third-order valence-corrected chi connectivity index (χ3v) is 4.42. The zero-order valence-corrected chi connectivity index (χ0v) is 17.7.